The molecule has 0 saturated heterocycles. The van der Waals surface area contributed by atoms with Crippen molar-refractivity contribution in [3.8, 4) is 0 Å². The number of para-hydroxylation sites is 1. The molecular formula is C26H21FN4O2. The largest absolute Gasteiger partial charge is 0.347 e. The zero-order valence-corrected chi connectivity index (χ0v) is 17.7. The van der Waals surface area contributed by atoms with E-state index in [9.17, 15) is 14.0 Å². The number of nitrogens with zero attached hydrogens (tertiary/aromatic N) is 3. The molecule has 1 aliphatic rings. The second kappa shape index (κ2) is 8.70. The molecule has 1 aliphatic heterocycles. The van der Waals surface area contributed by atoms with E-state index in [1.165, 1.54) is 24.3 Å². The summed E-state index contributed by atoms with van der Waals surface area (Å²) < 4.78 is 15.3. The number of fused-ring (bicyclic) bond motifs is 2. The van der Waals surface area contributed by atoms with E-state index in [-0.39, 0.29) is 11.8 Å². The van der Waals surface area contributed by atoms with Gasteiger partial charge in [0.2, 0.25) is 0 Å². The number of carbonyl (C=O) groups excluding carboxylic acids is 2. The van der Waals surface area contributed by atoms with Gasteiger partial charge < -0.3 is 14.8 Å². The Balaban J connectivity index is 1.46. The van der Waals surface area contributed by atoms with Crippen molar-refractivity contribution in [3.63, 3.8) is 0 Å². The fraction of sp³-hybridized carbons (Fsp3) is 0.115. The number of hydrogen-bond donors (Lipinski definition) is 1. The molecule has 7 heteroatoms. The first kappa shape index (κ1) is 20.6. The van der Waals surface area contributed by atoms with Crippen molar-refractivity contribution in [3.05, 3.63) is 119 Å². The number of benzene rings is 2. The smallest absolute Gasteiger partial charge is 0.268 e. The Hall–Kier alpha value is -4.26. The summed E-state index contributed by atoms with van der Waals surface area (Å²) in [6.07, 6.45) is 3.41. The highest BCUT2D eigenvalue weighted by Crippen LogP contribution is 2.30. The molecule has 33 heavy (non-hydrogen) atoms. The van der Waals surface area contributed by atoms with E-state index >= 15 is 0 Å². The lowest BCUT2D eigenvalue weighted by Crippen LogP contribution is -2.30. The molecular weight excluding hydrogens is 419 g/mol. The van der Waals surface area contributed by atoms with Crippen molar-refractivity contribution >= 4 is 17.5 Å². The molecule has 2 amide bonds. The minimum atomic E-state index is -0.390. The normalized spacial score (nSPS) is 12.5. The van der Waals surface area contributed by atoms with Crippen LogP contribution in [-0.2, 0) is 19.6 Å². The molecule has 0 unspecified atom stereocenters. The van der Waals surface area contributed by atoms with E-state index in [0.717, 1.165) is 22.5 Å². The summed E-state index contributed by atoms with van der Waals surface area (Å²) in [5.74, 6) is -0.806. The maximum absolute atomic E-state index is 13.4. The number of halogens is 1. The Morgan fingerprint density at radius 3 is 2.55 bits per heavy atom. The van der Waals surface area contributed by atoms with Crippen molar-refractivity contribution in [1.82, 2.24) is 14.9 Å². The third kappa shape index (κ3) is 4.13. The van der Waals surface area contributed by atoms with Gasteiger partial charge in [-0.25, -0.2) is 4.39 Å². The first-order chi connectivity index (χ1) is 16.1. The fourth-order valence-electron chi connectivity index (χ4n) is 4.06. The number of nitrogens with one attached hydrogen (secondary N) is 1. The van der Waals surface area contributed by atoms with Gasteiger partial charge in [-0.05, 0) is 59.7 Å². The van der Waals surface area contributed by atoms with Crippen LogP contribution in [0.25, 0.3) is 0 Å². The van der Waals surface area contributed by atoms with Crippen LogP contribution in [0.1, 0.15) is 37.7 Å². The van der Waals surface area contributed by atoms with Gasteiger partial charge in [0.15, 0.2) is 0 Å². The first-order valence-electron chi connectivity index (χ1n) is 10.6. The maximum atomic E-state index is 13.4. The standard InChI is InChI=1S/C26H21FN4O2/c27-21-9-7-19(8-10-21)26(33)31-17-22-11-12-24(25(32)29-15-18-4-3-13-28-14-18)30(22)16-20-5-1-2-6-23(20)31/h1-14H,15-17H2,(H,29,32). The SMILES string of the molecule is O=C(NCc1cccnc1)c1ccc2n1Cc1ccccc1N(C(=O)c1ccc(F)cc1)C2. The Bertz CT molecular complexity index is 1320. The monoisotopic (exact) mass is 440 g/mol. The summed E-state index contributed by atoms with van der Waals surface area (Å²) in [4.78, 5) is 32.1. The van der Waals surface area contributed by atoms with Gasteiger partial charge in [-0.3, -0.25) is 14.6 Å². The van der Waals surface area contributed by atoms with E-state index in [1.54, 1.807) is 23.4 Å². The summed E-state index contributed by atoms with van der Waals surface area (Å²) in [5.41, 5.74) is 4.38. The highest BCUT2D eigenvalue weighted by molar-refractivity contribution is 6.06. The molecule has 2 aromatic heterocycles. The Morgan fingerprint density at radius 1 is 0.939 bits per heavy atom. The molecule has 6 nitrogen and oxygen atoms in total. The second-order valence-electron chi connectivity index (χ2n) is 7.87. The van der Waals surface area contributed by atoms with Crippen LogP contribution in [0.15, 0.2) is 85.2 Å². The van der Waals surface area contributed by atoms with Crippen molar-refractivity contribution in [2.45, 2.75) is 19.6 Å². The van der Waals surface area contributed by atoms with Gasteiger partial charge in [0.25, 0.3) is 11.8 Å². The van der Waals surface area contributed by atoms with E-state index < -0.39 is 5.82 Å². The summed E-state index contributed by atoms with van der Waals surface area (Å²) in [7, 11) is 0. The molecule has 0 radical (unpaired) electrons. The molecule has 3 heterocycles. The highest BCUT2D eigenvalue weighted by atomic mass is 19.1. The zero-order valence-electron chi connectivity index (χ0n) is 17.7. The van der Waals surface area contributed by atoms with Gasteiger partial charge in [0.05, 0.1) is 13.1 Å². The highest BCUT2D eigenvalue weighted by Gasteiger charge is 2.27. The van der Waals surface area contributed by atoms with E-state index in [4.69, 9.17) is 0 Å². The summed E-state index contributed by atoms with van der Waals surface area (Å²) in [6, 6.07) is 20.6. The average Bonchev–Trinajstić information content (AvgIpc) is 3.16. The van der Waals surface area contributed by atoms with Crippen molar-refractivity contribution < 1.29 is 14.0 Å². The molecule has 0 spiro atoms. The second-order valence-corrected chi connectivity index (χ2v) is 7.87. The average molecular weight is 440 g/mol. The molecule has 0 fully saturated rings. The van der Waals surface area contributed by atoms with Crippen molar-refractivity contribution in [1.29, 1.82) is 0 Å². The van der Waals surface area contributed by atoms with Crippen LogP contribution in [-0.4, -0.2) is 21.4 Å². The lowest BCUT2D eigenvalue weighted by atomic mass is 10.1. The number of carbonyl (C=O) groups is 2. The van der Waals surface area contributed by atoms with Gasteiger partial charge in [0.1, 0.15) is 11.5 Å². The number of rotatable bonds is 4. The minimum absolute atomic E-state index is 0.194. The van der Waals surface area contributed by atoms with Crippen LogP contribution < -0.4 is 10.2 Å². The number of aromatic nitrogens is 2. The van der Waals surface area contributed by atoms with Gasteiger partial charge in [-0.15, -0.1) is 0 Å². The topological polar surface area (TPSA) is 67.2 Å². The molecule has 0 atom stereocenters. The molecule has 0 bridgehead atoms. The predicted molar refractivity (Wildman–Crippen MR) is 122 cm³/mol. The predicted octanol–water partition coefficient (Wildman–Crippen LogP) is 4.16. The fourth-order valence-corrected chi connectivity index (χ4v) is 4.06. The Labute approximate surface area is 190 Å². The lowest BCUT2D eigenvalue weighted by molar-refractivity contribution is 0.0941. The van der Waals surface area contributed by atoms with E-state index in [2.05, 4.69) is 10.3 Å². The number of hydrogen-bond acceptors (Lipinski definition) is 3. The summed E-state index contributed by atoms with van der Waals surface area (Å²) in [5, 5.41) is 2.95. The molecule has 164 valence electrons. The Kier molecular flexibility index (Phi) is 5.44. The molecule has 0 aliphatic carbocycles. The number of amides is 2. The zero-order chi connectivity index (χ0) is 22.8. The maximum Gasteiger partial charge on any atom is 0.268 e. The number of pyridine rings is 1. The lowest BCUT2D eigenvalue weighted by Gasteiger charge is -2.22. The minimum Gasteiger partial charge on any atom is -0.347 e. The van der Waals surface area contributed by atoms with Crippen LogP contribution in [0.2, 0.25) is 0 Å². The van der Waals surface area contributed by atoms with Crippen LogP contribution >= 0.6 is 0 Å². The van der Waals surface area contributed by atoms with Gasteiger partial charge >= 0.3 is 0 Å². The van der Waals surface area contributed by atoms with E-state index in [0.29, 0.717) is 30.9 Å². The quantitative estimate of drug-likeness (QED) is 0.518. The first-order valence-corrected chi connectivity index (χ1v) is 10.6. The molecule has 4 aromatic rings. The van der Waals surface area contributed by atoms with Crippen molar-refractivity contribution in [2.75, 3.05) is 4.90 Å². The van der Waals surface area contributed by atoms with Crippen molar-refractivity contribution in [2.24, 2.45) is 0 Å². The third-order valence-electron chi connectivity index (χ3n) is 5.75. The molecule has 1 N–H and O–H groups in total. The molecule has 2 aromatic carbocycles. The molecule has 0 saturated carbocycles. The van der Waals surface area contributed by atoms with E-state index in [1.807, 2.05) is 47.0 Å². The Morgan fingerprint density at radius 2 is 1.76 bits per heavy atom. The van der Waals surface area contributed by atoms with Gasteiger partial charge in [0, 0.05) is 35.9 Å². The third-order valence-corrected chi connectivity index (χ3v) is 5.75. The summed E-state index contributed by atoms with van der Waals surface area (Å²) >= 11 is 0. The summed E-state index contributed by atoms with van der Waals surface area (Å²) in [6.45, 7) is 1.13. The van der Waals surface area contributed by atoms with Crippen LogP contribution in [0.5, 0.6) is 0 Å². The van der Waals surface area contributed by atoms with Crippen LogP contribution in [0, 0.1) is 5.82 Å². The van der Waals surface area contributed by atoms with Gasteiger partial charge in [-0.2, -0.15) is 0 Å². The van der Waals surface area contributed by atoms with Gasteiger partial charge in [-0.1, -0.05) is 24.3 Å². The number of anilines is 1. The van der Waals surface area contributed by atoms with Crippen LogP contribution in [0.3, 0.4) is 0 Å². The molecule has 5 rings (SSSR count). The van der Waals surface area contributed by atoms with Crippen LogP contribution in [0.4, 0.5) is 10.1 Å².